The molecule has 0 aromatic heterocycles. The van der Waals surface area contributed by atoms with Crippen molar-refractivity contribution >= 4 is 0 Å². The van der Waals surface area contributed by atoms with E-state index in [1.165, 1.54) is 57.8 Å². The van der Waals surface area contributed by atoms with Gasteiger partial charge in [0.2, 0.25) is 0 Å². The largest absolute Gasteiger partial charge is 0.343 e. The van der Waals surface area contributed by atoms with Crippen molar-refractivity contribution in [1.29, 1.82) is 0 Å². The molecule has 0 radical (unpaired) electrons. The van der Waals surface area contributed by atoms with Gasteiger partial charge in [0, 0.05) is 17.1 Å². The Bertz CT molecular complexity index is 61.5. The van der Waals surface area contributed by atoms with Crippen LogP contribution >= 0.6 is 0 Å². The Hall–Kier alpha value is 0.519. The minimum Gasteiger partial charge on any atom is -0.343 e. The molecule has 1 heteroatoms. The van der Waals surface area contributed by atoms with E-state index < -0.39 is 0 Å². The molecule has 0 rings (SSSR count). The molecule has 0 aromatic carbocycles. The van der Waals surface area contributed by atoms with Crippen molar-refractivity contribution in [3.05, 3.63) is 6.92 Å². The zero-order chi connectivity index (χ0) is 9.07. The first-order valence-corrected chi connectivity index (χ1v) is 5.71. The molecule has 0 aliphatic carbocycles. The Kier molecular flexibility index (Phi) is 18.4. The van der Waals surface area contributed by atoms with E-state index in [0.717, 1.165) is 6.42 Å². The Labute approximate surface area is 95.3 Å². The molecule has 0 spiro atoms. The molecule has 0 atom stereocenters. The monoisotopic (exact) mass is 225 g/mol. The van der Waals surface area contributed by atoms with Crippen molar-refractivity contribution in [3.63, 3.8) is 0 Å². The predicted molar refractivity (Wildman–Crippen MR) is 57.2 cm³/mol. The van der Waals surface area contributed by atoms with Crippen LogP contribution in [0.25, 0.3) is 0 Å². The van der Waals surface area contributed by atoms with E-state index in [1.54, 1.807) is 0 Å². The van der Waals surface area contributed by atoms with Crippen LogP contribution in [0.5, 0.6) is 0 Å². The molecule has 0 saturated heterocycles. The predicted octanol–water partition coefficient (Wildman–Crippen LogP) is 4.74. The van der Waals surface area contributed by atoms with Gasteiger partial charge < -0.3 is 6.92 Å². The minimum absolute atomic E-state index is 0. The number of rotatable bonds is 9. The van der Waals surface area contributed by atoms with Gasteiger partial charge in [-0.2, -0.15) is 6.42 Å². The molecule has 13 heavy (non-hydrogen) atoms. The maximum atomic E-state index is 3.84. The van der Waals surface area contributed by atoms with Gasteiger partial charge in [-0.05, 0) is 0 Å². The first-order valence-electron chi connectivity index (χ1n) is 5.71. The summed E-state index contributed by atoms with van der Waals surface area (Å²) in [7, 11) is 0. The van der Waals surface area contributed by atoms with Crippen molar-refractivity contribution in [2.24, 2.45) is 0 Å². The van der Waals surface area contributed by atoms with Gasteiger partial charge in [-0.15, -0.1) is 0 Å². The molecule has 0 aliphatic rings. The third kappa shape index (κ3) is 15.3. The summed E-state index contributed by atoms with van der Waals surface area (Å²) in [5, 5.41) is 0. The number of hydrogen-bond donors (Lipinski definition) is 0. The summed E-state index contributed by atoms with van der Waals surface area (Å²) in [6.07, 6.45) is 13.9. The van der Waals surface area contributed by atoms with Crippen LogP contribution in [0.4, 0.5) is 0 Å². The van der Waals surface area contributed by atoms with Gasteiger partial charge in [0.05, 0.1) is 0 Å². The van der Waals surface area contributed by atoms with Crippen LogP contribution in [0.15, 0.2) is 0 Å². The summed E-state index contributed by atoms with van der Waals surface area (Å²) in [6.45, 7) is 6.12. The summed E-state index contributed by atoms with van der Waals surface area (Å²) in [4.78, 5) is 0. The van der Waals surface area contributed by atoms with E-state index in [2.05, 4.69) is 13.8 Å². The van der Waals surface area contributed by atoms with E-state index in [1.807, 2.05) is 0 Å². The van der Waals surface area contributed by atoms with Crippen LogP contribution in [0.2, 0.25) is 0 Å². The molecule has 0 aliphatic heterocycles. The average Bonchev–Trinajstić information content (AvgIpc) is 2.10. The van der Waals surface area contributed by atoms with Crippen LogP contribution in [-0.4, -0.2) is 0 Å². The average molecular weight is 225 g/mol. The Morgan fingerprint density at radius 2 is 1.08 bits per heavy atom. The van der Waals surface area contributed by atoms with Gasteiger partial charge >= 0.3 is 0 Å². The molecule has 0 N–H and O–H groups in total. The molecule has 0 heterocycles. The van der Waals surface area contributed by atoms with Gasteiger partial charge in [-0.25, -0.2) is 0 Å². The van der Waals surface area contributed by atoms with E-state index in [4.69, 9.17) is 0 Å². The molecule has 0 nitrogen and oxygen atoms in total. The summed E-state index contributed by atoms with van der Waals surface area (Å²) >= 11 is 0. The Balaban J connectivity index is 0. The van der Waals surface area contributed by atoms with Crippen LogP contribution in [-0.2, 0) is 17.1 Å². The van der Waals surface area contributed by atoms with E-state index in [9.17, 15) is 0 Å². The first-order chi connectivity index (χ1) is 5.91. The summed E-state index contributed by atoms with van der Waals surface area (Å²) in [5.74, 6) is 0. The van der Waals surface area contributed by atoms with Crippen LogP contribution < -0.4 is 0 Å². The zero-order valence-corrected chi connectivity index (χ0v) is 10.2. The normalized spacial score (nSPS) is 9.69. The van der Waals surface area contributed by atoms with Crippen molar-refractivity contribution in [2.75, 3.05) is 0 Å². The molecule has 0 saturated carbocycles. The summed E-state index contributed by atoms with van der Waals surface area (Å²) < 4.78 is 0. The third-order valence-electron chi connectivity index (χ3n) is 2.35. The quantitative estimate of drug-likeness (QED) is 0.302. The Morgan fingerprint density at radius 3 is 1.46 bits per heavy atom. The minimum atomic E-state index is 0. The van der Waals surface area contributed by atoms with Crippen molar-refractivity contribution in [3.8, 4) is 0 Å². The van der Waals surface area contributed by atoms with Gasteiger partial charge in [0.1, 0.15) is 0 Å². The molecule has 0 unspecified atom stereocenters. The van der Waals surface area contributed by atoms with Gasteiger partial charge in [-0.3, -0.25) is 0 Å². The van der Waals surface area contributed by atoms with Crippen LogP contribution in [0.3, 0.4) is 0 Å². The van der Waals surface area contributed by atoms with Gasteiger partial charge in [0.25, 0.3) is 0 Å². The fourth-order valence-electron chi connectivity index (χ4n) is 1.49. The second-order valence-corrected chi connectivity index (χ2v) is 3.68. The van der Waals surface area contributed by atoms with Crippen molar-refractivity contribution in [2.45, 2.75) is 71.1 Å². The fourth-order valence-corrected chi connectivity index (χ4v) is 1.49. The molecule has 0 bridgehead atoms. The summed E-state index contributed by atoms with van der Waals surface area (Å²) in [5.41, 5.74) is 0. The molecule has 0 aromatic rings. The maximum Gasteiger partial charge on any atom is 0 e. The first kappa shape index (κ1) is 16.0. The zero-order valence-electron chi connectivity index (χ0n) is 9.13. The molecule has 82 valence electrons. The topological polar surface area (TPSA) is 0 Å². The van der Waals surface area contributed by atoms with E-state index >= 15 is 0 Å². The standard InChI is InChI=1S/C12H25.Fe/c1-3-5-7-9-11-12-10-8-6-4-2;/h1,3-12H2,2H3;/q-1;. The third-order valence-corrected chi connectivity index (χ3v) is 2.35. The summed E-state index contributed by atoms with van der Waals surface area (Å²) in [6, 6.07) is 0. The van der Waals surface area contributed by atoms with Gasteiger partial charge in [0.15, 0.2) is 0 Å². The van der Waals surface area contributed by atoms with Gasteiger partial charge in [-0.1, -0.05) is 64.7 Å². The van der Waals surface area contributed by atoms with Crippen LogP contribution in [0, 0.1) is 6.92 Å². The second kappa shape index (κ2) is 15.0. The Morgan fingerprint density at radius 1 is 0.692 bits per heavy atom. The molecular weight excluding hydrogens is 200 g/mol. The van der Waals surface area contributed by atoms with Crippen molar-refractivity contribution in [1.82, 2.24) is 0 Å². The number of hydrogen-bond acceptors (Lipinski definition) is 0. The van der Waals surface area contributed by atoms with E-state index in [-0.39, 0.29) is 17.1 Å². The maximum absolute atomic E-state index is 3.84. The molecular formula is C12H25Fe-. The second-order valence-electron chi connectivity index (χ2n) is 3.68. The molecule has 0 amide bonds. The van der Waals surface area contributed by atoms with E-state index in [0.29, 0.717) is 0 Å². The smallest absolute Gasteiger partial charge is 0 e. The fraction of sp³-hybridized carbons (Fsp3) is 0.917. The van der Waals surface area contributed by atoms with Crippen molar-refractivity contribution < 1.29 is 17.1 Å². The SMILES string of the molecule is [CH2-]CCCCCCCCCCC.[Fe]. The molecule has 0 fully saturated rings. The number of unbranched alkanes of at least 4 members (excludes halogenated alkanes) is 9. The van der Waals surface area contributed by atoms with Crippen LogP contribution in [0.1, 0.15) is 71.1 Å².